The molecule has 45 heavy (non-hydrogen) atoms. The van der Waals surface area contributed by atoms with Crippen LogP contribution in [0.5, 0.6) is 11.5 Å². The molecule has 4 rings (SSSR count). The second kappa shape index (κ2) is 12.5. The van der Waals surface area contributed by atoms with Crippen molar-refractivity contribution in [3.8, 4) is 22.6 Å². The van der Waals surface area contributed by atoms with Crippen LogP contribution in [-0.4, -0.2) is 17.2 Å². The van der Waals surface area contributed by atoms with Crippen molar-refractivity contribution in [1.29, 1.82) is 0 Å². The van der Waals surface area contributed by atoms with Gasteiger partial charge in [-0.1, -0.05) is 26.0 Å². The minimum atomic E-state index is -5.11. The van der Waals surface area contributed by atoms with Gasteiger partial charge in [0.1, 0.15) is 17.3 Å². The lowest BCUT2D eigenvalue weighted by Crippen LogP contribution is -2.24. The summed E-state index contributed by atoms with van der Waals surface area (Å²) >= 11 is 0. The summed E-state index contributed by atoms with van der Waals surface area (Å²) in [6.45, 7) is 2.80. The van der Waals surface area contributed by atoms with Crippen LogP contribution in [0.15, 0.2) is 72.9 Å². The molecule has 0 saturated carbocycles. The number of hydrogen-bond donors (Lipinski definition) is 1. The third-order valence-corrected chi connectivity index (χ3v) is 7.05. The topological polar surface area (TPSA) is 45.6 Å². The first-order valence-electron chi connectivity index (χ1n) is 13.4. The molecular weight excluding hydrogens is 615 g/mol. The number of anilines is 1. The molecule has 0 amide bonds. The normalized spacial score (nSPS) is 12.5. The molecule has 1 aromatic heterocycles. The van der Waals surface area contributed by atoms with Crippen LogP contribution in [0.2, 0.25) is 0 Å². The SMILES string of the molecule is COc1ccc(C(C)C)cc1-c1ccc(C(F)(F)F)cc1CN(Cc1cc(C(F)(F)F)cc(C(F)(F)F)c1)c1ccc(O)cn1. The van der Waals surface area contributed by atoms with Gasteiger partial charge in [0, 0.05) is 18.7 Å². The number of methoxy groups -OCH3 is 1. The summed E-state index contributed by atoms with van der Waals surface area (Å²) in [6.07, 6.45) is -14.0. The van der Waals surface area contributed by atoms with E-state index in [0.717, 1.165) is 23.9 Å². The fourth-order valence-corrected chi connectivity index (χ4v) is 4.78. The van der Waals surface area contributed by atoms with Crippen molar-refractivity contribution in [3.05, 3.63) is 106 Å². The first-order valence-corrected chi connectivity index (χ1v) is 13.4. The maximum absolute atomic E-state index is 13.9. The van der Waals surface area contributed by atoms with E-state index in [1.54, 1.807) is 18.2 Å². The fourth-order valence-electron chi connectivity index (χ4n) is 4.78. The molecule has 4 nitrogen and oxygen atoms in total. The van der Waals surface area contributed by atoms with Gasteiger partial charge in [0.15, 0.2) is 0 Å². The number of hydrogen-bond acceptors (Lipinski definition) is 4. The fraction of sp³-hybridized carbons (Fsp3) is 0.281. The smallest absolute Gasteiger partial charge is 0.416 e. The van der Waals surface area contributed by atoms with Crippen LogP contribution in [-0.2, 0) is 31.6 Å². The molecule has 0 aliphatic rings. The Kier molecular flexibility index (Phi) is 9.32. The summed E-state index contributed by atoms with van der Waals surface area (Å²) in [6, 6.07) is 11.7. The molecule has 0 atom stereocenters. The van der Waals surface area contributed by atoms with Gasteiger partial charge >= 0.3 is 18.5 Å². The van der Waals surface area contributed by atoms with Gasteiger partial charge in [-0.15, -0.1) is 0 Å². The molecule has 0 aliphatic carbocycles. The van der Waals surface area contributed by atoms with Gasteiger partial charge in [-0.25, -0.2) is 4.98 Å². The molecule has 1 N–H and O–H groups in total. The lowest BCUT2D eigenvalue weighted by molar-refractivity contribution is -0.143. The number of nitrogens with zero attached hydrogens (tertiary/aromatic N) is 2. The van der Waals surface area contributed by atoms with E-state index in [4.69, 9.17) is 4.74 Å². The first-order chi connectivity index (χ1) is 20.9. The predicted octanol–water partition coefficient (Wildman–Crippen LogP) is 9.85. The van der Waals surface area contributed by atoms with E-state index in [-0.39, 0.29) is 29.1 Å². The number of pyridine rings is 1. The number of aromatic nitrogens is 1. The van der Waals surface area contributed by atoms with Crippen molar-refractivity contribution in [2.45, 2.75) is 51.4 Å². The molecule has 0 spiro atoms. The molecule has 240 valence electrons. The zero-order valence-electron chi connectivity index (χ0n) is 24.1. The van der Waals surface area contributed by atoms with Crippen LogP contribution in [0.4, 0.5) is 45.3 Å². The Bertz CT molecular complexity index is 1610. The Hall–Kier alpha value is -4.42. The largest absolute Gasteiger partial charge is 0.506 e. The second-order valence-electron chi connectivity index (χ2n) is 10.6. The van der Waals surface area contributed by atoms with Crippen molar-refractivity contribution >= 4 is 5.82 Å². The Morgan fingerprint density at radius 1 is 0.711 bits per heavy atom. The third-order valence-electron chi connectivity index (χ3n) is 7.05. The van der Waals surface area contributed by atoms with Gasteiger partial charge in [0.05, 0.1) is 30.0 Å². The lowest BCUT2D eigenvalue weighted by atomic mass is 9.92. The van der Waals surface area contributed by atoms with Gasteiger partial charge in [0.25, 0.3) is 0 Å². The Balaban J connectivity index is 1.92. The molecule has 0 saturated heterocycles. The summed E-state index contributed by atoms with van der Waals surface area (Å²) in [5.41, 5.74) is -2.89. The minimum absolute atomic E-state index is 0.00839. The number of alkyl halides is 9. The van der Waals surface area contributed by atoms with Crippen molar-refractivity contribution in [3.63, 3.8) is 0 Å². The highest BCUT2D eigenvalue weighted by molar-refractivity contribution is 5.75. The third kappa shape index (κ3) is 8.00. The molecule has 0 bridgehead atoms. The zero-order valence-corrected chi connectivity index (χ0v) is 24.1. The van der Waals surface area contributed by atoms with Crippen LogP contribution in [0.25, 0.3) is 11.1 Å². The van der Waals surface area contributed by atoms with Crippen molar-refractivity contribution in [2.75, 3.05) is 12.0 Å². The number of aromatic hydroxyl groups is 1. The highest BCUT2D eigenvalue weighted by Gasteiger charge is 2.37. The van der Waals surface area contributed by atoms with E-state index in [2.05, 4.69) is 4.98 Å². The molecule has 0 fully saturated rings. The van der Waals surface area contributed by atoms with E-state index in [1.807, 2.05) is 13.8 Å². The summed E-state index contributed by atoms with van der Waals surface area (Å²) in [5.74, 6) is 0.0635. The van der Waals surface area contributed by atoms with Crippen molar-refractivity contribution in [1.82, 2.24) is 4.98 Å². The van der Waals surface area contributed by atoms with E-state index < -0.39 is 53.9 Å². The minimum Gasteiger partial charge on any atom is -0.506 e. The van der Waals surface area contributed by atoms with Gasteiger partial charge < -0.3 is 14.7 Å². The molecule has 3 aromatic carbocycles. The quantitative estimate of drug-likeness (QED) is 0.195. The summed E-state index contributed by atoms with van der Waals surface area (Å²) in [5, 5.41) is 9.75. The molecule has 1 heterocycles. The average Bonchev–Trinajstić information content (AvgIpc) is 2.95. The van der Waals surface area contributed by atoms with E-state index in [0.29, 0.717) is 29.0 Å². The Labute approximate surface area is 252 Å². The number of halogens is 9. The van der Waals surface area contributed by atoms with Crippen LogP contribution in [0.3, 0.4) is 0 Å². The van der Waals surface area contributed by atoms with Gasteiger partial charge in [-0.05, 0) is 82.8 Å². The number of ether oxygens (including phenoxy) is 1. The lowest BCUT2D eigenvalue weighted by Gasteiger charge is -2.27. The van der Waals surface area contributed by atoms with Crippen LogP contribution in [0, 0.1) is 0 Å². The van der Waals surface area contributed by atoms with E-state index in [1.165, 1.54) is 30.2 Å². The summed E-state index contributed by atoms with van der Waals surface area (Å²) < 4.78 is 129. The molecule has 0 radical (unpaired) electrons. The van der Waals surface area contributed by atoms with Gasteiger partial charge in [-0.2, -0.15) is 39.5 Å². The van der Waals surface area contributed by atoms with Crippen LogP contribution in [0.1, 0.15) is 53.1 Å². The Morgan fingerprint density at radius 2 is 1.33 bits per heavy atom. The maximum Gasteiger partial charge on any atom is 0.416 e. The molecule has 0 aliphatic heterocycles. The number of rotatable bonds is 8. The zero-order chi connectivity index (χ0) is 33.3. The molecular formula is C32H27F9N2O2. The monoisotopic (exact) mass is 642 g/mol. The number of benzene rings is 3. The summed E-state index contributed by atoms with van der Waals surface area (Å²) in [7, 11) is 1.39. The van der Waals surface area contributed by atoms with Crippen LogP contribution < -0.4 is 9.64 Å². The summed E-state index contributed by atoms with van der Waals surface area (Å²) in [4.78, 5) is 5.27. The highest BCUT2D eigenvalue weighted by atomic mass is 19.4. The highest BCUT2D eigenvalue weighted by Crippen LogP contribution is 2.40. The van der Waals surface area contributed by atoms with E-state index >= 15 is 0 Å². The average molecular weight is 643 g/mol. The van der Waals surface area contributed by atoms with Gasteiger partial charge in [0.2, 0.25) is 0 Å². The standard InChI is InChI=1S/C32H27F9N2O2/c1-18(2)20-4-8-28(45-3)27(13-20)26-7-5-22(30(33,34)35)12-21(26)17-43(29-9-6-25(44)15-42-29)16-19-10-23(31(36,37)38)14-24(11-19)32(39,40)41/h4-15,18,44H,16-17H2,1-3H3. The maximum atomic E-state index is 13.9. The Morgan fingerprint density at radius 3 is 1.84 bits per heavy atom. The molecule has 4 aromatic rings. The van der Waals surface area contributed by atoms with E-state index in [9.17, 15) is 44.6 Å². The molecule has 13 heteroatoms. The van der Waals surface area contributed by atoms with Gasteiger partial charge in [-0.3, -0.25) is 0 Å². The molecule has 0 unspecified atom stereocenters. The van der Waals surface area contributed by atoms with Crippen LogP contribution >= 0.6 is 0 Å². The predicted molar refractivity (Wildman–Crippen MR) is 150 cm³/mol. The van der Waals surface area contributed by atoms with Crippen molar-refractivity contribution < 1.29 is 49.4 Å². The van der Waals surface area contributed by atoms with Crippen molar-refractivity contribution in [2.24, 2.45) is 0 Å². The first kappa shape index (κ1) is 33.5. The second-order valence-corrected chi connectivity index (χ2v) is 10.6.